The van der Waals surface area contributed by atoms with Crippen molar-refractivity contribution in [2.24, 2.45) is 11.7 Å². The van der Waals surface area contributed by atoms with Gasteiger partial charge in [-0.25, -0.2) is 0 Å². The van der Waals surface area contributed by atoms with Crippen LogP contribution in [0.5, 0.6) is 5.75 Å². The standard InChI is InChI=1S/C14H22N2O2/c1-11-9-18-8-7-14(11,10-15)16-12-3-5-13(17-2)6-4-12/h3-6,11,16H,7-10,15H2,1-2H3. The van der Waals surface area contributed by atoms with Gasteiger partial charge < -0.3 is 20.5 Å². The minimum absolute atomic E-state index is 0.0627. The zero-order chi connectivity index (χ0) is 13.0. The van der Waals surface area contributed by atoms with Gasteiger partial charge in [-0.15, -0.1) is 0 Å². The number of rotatable bonds is 4. The van der Waals surface area contributed by atoms with Crippen LogP contribution in [0.3, 0.4) is 0 Å². The number of nitrogens with one attached hydrogen (secondary N) is 1. The van der Waals surface area contributed by atoms with Crippen LogP contribution in [0, 0.1) is 5.92 Å². The van der Waals surface area contributed by atoms with Gasteiger partial charge in [-0.3, -0.25) is 0 Å². The van der Waals surface area contributed by atoms with Crippen molar-refractivity contribution >= 4 is 5.69 Å². The van der Waals surface area contributed by atoms with Crippen LogP contribution in [-0.2, 0) is 4.74 Å². The summed E-state index contributed by atoms with van der Waals surface area (Å²) in [5.41, 5.74) is 7.01. The van der Waals surface area contributed by atoms with E-state index in [4.69, 9.17) is 15.2 Å². The van der Waals surface area contributed by atoms with Gasteiger partial charge in [0.1, 0.15) is 5.75 Å². The Morgan fingerprint density at radius 2 is 2.17 bits per heavy atom. The average Bonchev–Trinajstić information content (AvgIpc) is 2.42. The molecule has 3 N–H and O–H groups in total. The quantitative estimate of drug-likeness (QED) is 0.856. The van der Waals surface area contributed by atoms with Gasteiger partial charge >= 0.3 is 0 Å². The maximum Gasteiger partial charge on any atom is 0.119 e. The molecule has 100 valence electrons. The van der Waals surface area contributed by atoms with Crippen LogP contribution in [-0.4, -0.2) is 32.4 Å². The van der Waals surface area contributed by atoms with Gasteiger partial charge in [0.25, 0.3) is 0 Å². The zero-order valence-electron chi connectivity index (χ0n) is 11.1. The maximum atomic E-state index is 5.99. The minimum atomic E-state index is -0.0627. The van der Waals surface area contributed by atoms with Crippen LogP contribution in [0.1, 0.15) is 13.3 Å². The molecule has 2 rings (SSSR count). The van der Waals surface area contributed by atoms with Gasteiger partial charge in [-0.2, -0.15) is 0 Å². The molecule has 0 aliphatic carbocycles. The van der Waals surface area contributed by atoms with Crippen LogP contribution < -0.4 is 15.8 Å². The third-order valence-corrected chi connectivity index (χ3v) is 3.85. The maximum absolute atomic E-state index is 5.99. The second-order valence-corrected chi connectivity index (χ2v) is 4.94. The molecule has 1 saturated heterocycles. The van der Waals surface area contributed by atoms with Crippen molar-refractivity contribution in [3.05, 3.63) is 24.3 Å². The molecule has 18 heavy (non-hydrogen) atoms. The normalized spacial score (nSPS) is 27.8. The van der Waals surface area contributed by atoms with E-state index in [-0.39, 0.29) is 5.54 Å². The molecule has 0 saturated carbocycles. The molecular weight excluding hydrogens is 228 g/mol. The number of hydrogen-bond donors (Lipinski definition) is 2. The first-order valence-electron chi connectivity index (χ1n) is 6.40. The molecule has 0 bridgehead atoms. The van der Waals surface area contributed by atoms with E-state index in [1.54, 1.807) is 7.11 Å². The third kappa shape index (κ3) is 2.60. The van der Waals surface area contributed by atoms with Crippen molar-refractivity contribution in [1.29, 1.82) is 0 Å². The number of nitrogens with two attached hydrogens (primary N) is 1. The summed E-state index contributed by atoms with van der Waals surface area (Å²) in [6, 6.07) is 7.96. The summed E-state index contributed by atoms with van der Waals surface area (Å²) in [5.74, 6) is 1.26. The Morgan fingerprint density at radius 1 is 1.44 bits per heavy atom. The Kier molecular flexibility index (Phi) is 4.09. The lowest BCUT2D eigenvalue weighted by molar-refractivity contribution is 0.0205. The lowest BCUT2D eigenvalue weighted by Crippen LogP contribution is -2.55. The highest BCUT2D eigenvalue weighted by atomic mass is 16.5. The molecule has 1 heterocycles. The first-order valence-corrected chi connectivity index (χ1v) is 6.40. The molecule has 1 aliphatic heterocycles. The van der Waals surface area contributed by atoms with E-state index in [2.05, 4.69) is 12.2 Å². The predicted molar refractivity (Wildman–Crippen MR) is 73.0 cm³/mol. The Balaban J connectivity index is 2.13. The number of benzene rings is 1. The molecule has 1 aromatic carbocycles. The van der Waals surface area contributed by atoms with Crippen LogP contribution in [0.4, 0.5) is 5.69 Å². The van der Waals surface area contributed by atoms with Gasteiger partial charge in [0.2, 0.25) is 0 Å². The van der Waals surface area contributed by atoms with Gasteiger partial charge in [0.05, 0.1) is 19.3 Å². The number of hydrogen-bond acceptors (Lipinski definition) is 4. The van der Waals surface area contributed by atoms with Gasteiger partial charge in [-0.1, -0.05) is 6.92 Å². The Morgan fingerprint density at radius 3 is 2.72 bits per heavy atom. The highest BCUT2D eigenvalue weighted by Gasteiger charge is 2.37. The van der Waals surface area contributed by atoms with Crippen molar-refractivity contribution in [3.63, 3.8) is 0 Å². The van der Waals surface area contributed by atoms with Crippen molar-refractivity contribution in [2.75, 3.05) is 32.2 Å². The summed E-state index contributed by atoms with van der Waals surface area (Å²) in [4.78, 5) is 0. The van der Waals surface area contributed by atoms with Crippen molar-refractivity contribution in [1.82, 2.24) is 0 Å². The summed E-state index contributed by atoms with van der Waals surface area (Å²) in [6.07, 6.45) is 0.941. The monoisotopic (exact) mass is 250 g/mol. The van der Waals surface area contributed by atoms with Gasteiger partial charge in [0, 0.05) is 24.8 Å². The van der Waals surface area contributed by atoms with E-state index in [1.807, 2.05) is 24.3 Å². The van der Waals surface area contributed by atoms with E-state index in [0.717, 1.165) is 31.1 Å². The lowest BCUT2D eigenvalue weighted by atomic mass is 9.81. The molecular formula is C14H22N2O2. The summed E-state index contributed by atoms with van der Waals surface area (Å²) >= 11 is 0. The molecule has 0 amide bonds. The molecule has 4 nitrogen and oxygen atoms in total. The summed E-state index contributed by atoms with van der Waals surface area (Å²) in [6.45, 7) is 4.33. The fraction of sp³-hybridized carbons (Fsp3) is 0.571. The van der Waals surface area contributed by atoms with Crippen molar-refractivity contribution < 1.29 is 9.47 Å². The zero-order valence-corrected chi connectivity index (χ0v) is 11.1. The number of methoxy groups -OCH3 is 1. The first-order chi connectivity index (χ1) is 8.70. The molecule has 4 heteroatoms. The SMILES string of the molecule is COc1ccc(NC2(CN)CCOCC2C)cc1. The fourth-order valence-electron chi connectivity index (χ4n) is 2.42. The minimum Gasteiger partial charge on any atom is -0.497 e. The molecule has 0 aromatic heterocycles. The largest absolute Gasteiger partial charge is 0.497 e. The molecule has 0 radical (unpaired) electrons. The van der Waals surface area contributed by atoms with Crippen LogP contribution >= 0.6 is 0 Å². The topological polar surface area (TPSA) is 56.5 Å². The van der Waals surface area contributed by atoms with E-state index >= 15 is 0 Å². The molecule has 1 aliphatic rings. The number of anilines is 1. The highest BCUT2D eigenvalue weighted by molar-refractivity contribution is 5.49. The predicted octanol–water partition coefficient (Wildman–Crippen LogP) is 1.86. The Hall–Kier alpha value is -1.26. The Labute approximate surface area is 108 Å². The van der Waals surface area contributed by atoms with E-state index in [0.29, 0.717) is 12.5 Å². The Bertz CT molecular complexity index is 380. The fourth-order valence-corrected chi connectivity index (χ4v) is 2.42. The van der Waals surface area contributed by atoms with Crippen LogP contribution in [0.15, 0.2) is 24.3 Å². The summed E-state index contributed by atoms with van der Waals surface area (Å²) in [5, 5.41) is 3.58. The molecule has 1 aromatic rings. The highest BCUT2D eigenvalue weighted by Crippen LogP contribution is 2.30. The average molecular weight is 250 g/mol. The van der Waals surface area contributed by atoms with Crippen LogP contribution in [0.2, 0.25) is 0 Å². The van der Waals surface area contributed by atoms with Crippen molar-refractivity contribution in [2.45, 2.75) is 18.9 Å². The van der Waals surface area contributed by atoms with E-state index < -0.39 is 0 Å². The van der Waals surface area contributed by atoms with E-state index in [9.17, 15) is 0 Å². The molecule has 1 fully saturated rings. The van der Waals surface area contributed by atoms with Gasteiger partial charge in [0.15, 0.2) is 0 Å². The molecule has 0 spiro atoms. The smallest absolute Gasteiger partial charge is 0.119 e. The second-order valence-electron chi connectivity index (χ2n) is 4.94. The van der Waals surface area contributed by atoms with Gasteiger partial charge in [-0.05, 0) is 30.7 Å². The molecule has 2 atom stereocenters. The van der Waals surface area contributed by atoms with Crippen molar-refractivity contribution in [3.8, 4) is 5.75 Å². The van der Waals surface area contributed by atoms with E-state index in [1.165, 1.54) is 0 Å². The first kappa shape index (κ1) is 13.2. The lowest BCUT2D eigenvalue weighted by Gasteiger charge is -2.43. The third-order valence-electron chi connectivity index (χ3n) is 3.85. The number of ether oxygens (including phenoxy) is 2. The molecule has 2 unspecified atom stereocenters. The van der Waals surface area contributed by atoms with Crippen LogP contribution in [0.25, 0.3) is 0 Å². The summed E-state index contributed by atoms with van der Waals surface area (Å²) < 4.78 is 10.7. The second kappa shape index (κ2) is 5.59. The summed E-state index contributed by atoms with van der Waals surface area (Å²) in [7, 11) is 1.67.